The number of fused-ring (bicyclic) bond motifs is 1. The van der Waals surface area contributed by atoms with Gasteiger partial charge >= 0.3 is 5.97 Å². The van der Waals surface area contributed by atoms with Gasteiger partial charge < -0.3 is 14.5 Å². The Balaban J connectivity index is 1.57. The number of aryl methyl sites for hydroxylation is 2. The summed E-state index contributed by atoms with van der Waals surface area (Å²) in [5, 5.41) is 3.60. The van der Waals surface area contributed by atoms with E-state index in [0.29, 0.717) is 17.7 Å². The van der Waals surface area contributed by atoms with Crippen molar-refractivity contribution in [2.75, 3.05) is 6.61 Å². The van der Waals surface area contributed by atoms with Crippen LogP contribution in [0.15, 0.2) is 52.9 Å². The van der Waals surface area contributed by atoms with Gasteiger partial charge in [0, 0.05) is 17.5 Å². The van der Waals surface area contributed by atoms with E-state index in [4.69, 9.17) is 9.15 Å². The molecule has 0 bridgehead atoms. The van der Waals surface area contributed by atoms with Crippen molar-refractivity contribution in [3.63, 3.8) is 0 Å². The summed E-state index contributed by atoms with van der Waals surface area (Å²) in [7, 11) is 0. The fourth-order valence-corrected chi connectivity index (χ4v) is 2.62. The number of hydrogen-bond donors (Lipinski definition) is 1. The van der Waals surface area contributed by atoms with Crippen LogP contribution in [-0.2, 0) is 16.1 Å². The molecule has 128 valence electrons. The maximum absolute atomic E-state index is 12.2. The molecule has 0 atom stereocenters. The molecule has 1 aromatic heterocycles. The SMILES string of the molecule is Cc1ccccc1CNC(=O)COC(=O)c1oc2ccccc2c1C. The second-order valence-electron chi connectivity index (χ2n) is 5.83. The third-order valence-corrected chi connectivity index (χ3v) is 4.10. The number of amides is 1. The highest BCUT2D eigenvalue weighted by molar-refractivity contribution is 5.96. The van der Waals surface area contributed by atoms with Gasteiger partial charge in [-0.15, -0.1) is 0 Å². The van der Waals surface area contributed by atoms with Gasteiger partial charge in [0.1, 0.15) is 5.58 Å². The second kappa shape index (κ2) is 7.21. The number of rotatable bonds is 5. The zero-order chi connectivity index (χ0) is 17.8. The van der Waals surface area contributed by atoms with Crippen LogP contribution in [0.5, 0.6) is 0 Å². The summed E-state index contributed by atoms with van der Waals surface area (Å²) >= 11 is 0. The Bertz CT molecular complexity index is 926. The van der Waals surface area contributed by atoms with E-state index in [1.54, 1.807) is 13.0 Å². The monoisotopic (exact) mass is 337 g/mol. The fourth-order valence-electron chi connectivity index (χ4n) is 2.62. The molecule has 0 aliphatic carbocycles. The molecule has 0 fully saturated rings. The number of benzene rings is 2. The zero-order valence-electron chi connectivity index (χ0n) is 14.2. The summed E-state index contributed by atoms with van der Waals surface area (Å²) in [5.41, 5.74) is 3.45. The lowest BCUT2D eigenvalue weighted by atomic mass is 10.1. The van der Waals surface area contributed by atoms with Gasteiger partial charge in [-0.3, -0.25) is 4.79 Å². The Morgan fingerprint density at radius 3 is 2.52 bits per heavy atom. The highest BCUT2D eigenvalue weighted by atomic mass is 16.5. The third-order valence-electron chi connectivity index (χ3n) is 4.10. The van der Waals surface area contributed by atoms with E-state index in [1.165, 1.54) is 0 Å². The van der Waals surface area contributed by atoms with Crippen molar-refractivity contribution in [3.05, 3.63) is 71.0 Å². The number of ether oxygens (including phenoxy) is 1. The highest BCUT2D eigenvalue weighted by Crippen LogP contribution is 2.25. The van der Waals surface area contributed by atoms with Crippen LogP contribution in [-0.4, -0.2) is 18.5 Å². The van der Waals surface area contributed by atoms with Gasteiger partial charge in [-0.05, 0) is 31.0 Å². The van der Waals surface area contributed by atoms with Crippen LogP contribution < -0.4 is 5.32 Å². The van der Waals surface area contributed by atoms with Crippen molar-refractivity contribution in [3.8, 4) is 0 Å². The molecule has 0 aliphatic heterocycles. The Labute approximate surface area is 145 Å². The molecule has 0 aliphatic rings. The molecule has 0 saturated heterocycles. The molecule has 0 saturated carbocycles. The van der Waals surface area contributed by atoms with Gasteiger partial charge in [0.25, 0.3) is 5.91 Å². The van der Waals surface area contributed by atoms with Crippen molar-refractivity contribution in [1.29, 1.82) is 0 Å². The van der Waals surface area contributed by atoms with Gasteiger partial charge in [0.2, 0.25) is 5.76 Å². The number of nitrogens with one attached hydrogen (secondary N) is 1. The van der Waals surface area contributed by atoms with Crippen molar-refractivity contribution in [2.24, 2.45) is 0 Å². The minimum atomic E-state index is -0.639. The lowest BCUT2D eigenvalue weighted by Gasteiger charge is -2.08. The normalized spacial score (nSPS) is 10.6. The van der Waals surface area contributed by atoms with E-state index in [1.807, 2.05) is 49.4 Å². The average Bonchev–Trinajstić information content (AvgIpc) is 2.96. The van der Waals surface area contributed by atoms with Gasteiger partial charge in [-0.25, -0.2) is 4.79 Å². The first-order chi connectivity index (χ1) is 12.1. The Hall–Kier alpha value is -3.08. The highest BCUT2D eigenvalue weighted by Gasteiger charge is 2.19. The Morgan fingerprint density at radius 1 is 1.04 bits per heavy atom. The van der Waals surface area contributed by atoms with Crippen molar-refractivity contribution >= 4 is 22.8 Å². The molecule has 0 unspecified atom stereocenters. The lowest BCUT2D eigenvalue weighted by Crippen LogP contribution is -2.28. The first kappa shape index (κ1) is 16.8. The minimum absolute atomic E-state index is 0.132. The second-order valence-corrected chi connectivity index (χ2v) is 5.83. The van der Waals surface area contributed by atoms with Crippen molar-refractivity contribution in [1.82, 2.24) is 5.32 Å². The number of furan rings is 1. The minimum Gasteiger partial charge on any atom is -0.450 e. The molecule has 5 heteroatoms. The predicted molar refractivity (Wildman–Crippen MR) is 94.3 cm³/mol. The summed E-state index contributed by atoms with van der Waals surface area (Å²) in [5.74, 6) is -0.863. The summed E-state index contributed by atoms with van der Waals surface area (Å²) in [4.78, 5) is 24.1. The largest absolute Gasteiger partial charge is 0.450 e. The number of carbonyl (C=O) groups excluding carboxylic acids is 2. The maximum atomic E-state index is 12.2. The summed E-state index contributed by atoms with van der Waals surface area (Å²) in [6.07, 6.45) is 0. The van der Waals surface area contributed by atoms with Crippen LogP contribution in [0.3, 0.4) is 0 Å². The zero-order valence-corrected chi connectivity index (χ0v) is 14.2. The molecule has 2 aromatic carbocycles. The number of para-hydroxylation sites is 1. The smallest absolute Gasteiger partial charge is 0.375 e. The first-order valence-electron chi connectivity index (χ1n) is 8.02. The van der Waals surface area contributed by atoms with E-state index in [2.05, 4.69) is 5.32 Å². The van der Waals surface area contributed by atoms with Crippen LogP contribution in [0.2, 0.25) is 0 Å². The molecular formula is C20H19NO4. The van der Waals surface area contributed by atoms with E-state index >= 15 is 0 Å². The van der Waals surface area contributed by atoms with Crippen molar-refractivity contribution < 1.29 is 18.7 Å². The summed E-state index contributed by atoms with van der Waals surface area (Å²) in [6, 6.07) is 15.1. The van der Waals surface area contributed by atoms with E-state index < -0.39 is 5.97 Å². The number of carbonyl (C=O) groups is 2. The molecule has 1 heterocycles. The molecule has 5 nitrogen and oxygen atoms in total. The topological polar surface area (TPSA) is 68.5 Å². The lowest BCUT2D eigenvalue weighted by molar-refractivity contribution is -0.124. The van der Waals surface area contributed by atoms with Crippen LogP contribution in [0, 0.1) is 13.8 Å². The van der Waals surface area contributed by atoms with Crippen LogP contribution in [0.25, 0.3) is 11.0 Å². The Morgan fingerprint density at radius 2 is 1.76 bits per heavy atom. The van der Waals surface area contributed by atoms with E-state index in [0.717, 1.165) is 16.5 Å². The third kappa shape index (κ3) is 3.71. The van der Waals surface area contributed by atoms with E-state index in [9.17, 15) is 9.59 Å². The summed E-state index contributed by atoms with van der Waals surface area (Å²) < 4.78 is 10.6. The van der Waals surface area contributed by atoms with Gasteiger partial charge in [0.15, 0.2) is 6.61 Å². The molecule has 25 heavy (non-hydrogen) atoms. The van der Waals surface area contributed by atoms with Crippen LogP contribution >= 0.6 is 0 Å². The molecule has 3 aromatic rings. The van der Waals surface area contributed by atoms with Crippen molar-refractivity contribution in [2.45, 2.75) is 20.4 Å². The molecule has 0 spiro atoms. The molecular weight excluding hydrogens is 318 g/mol. The molecule has 1 amide bonds. The fraction of sp³-hybridized carbons (Fsp3) is 0.200. The standard InChI is InChI=1S/C20H19NO4/c1-13-7-3-4-8-15(13)11-21-18(22)12-24-20(23)19-14(2)16-9-5-6-10-17(16)25-19/h3-10H,11-12H2,1-2H3,(H,21,22). The van der Waals surface area contributed by atoms with E-state index in [-0.39, 0.29) is 18.3 Å². The molecule has 3 rings (SSSR count). The van der Waals surface area contributed by atoms with Gasteiger partial charge in [0.05, 0.1) is 0 Å². The van der Waals surface area contributed by atoms with Gasteiger partial charge in [-0.1, -0.05) is 42.5 Å². The quantitative estimate of drug-likeness (QED) is 0.723. The number of hydrogen-bond acceptors (Lipinski definition) is 4. The summed E-state index contributed by atoms with van der Waals surface area (Å²) in [6.45, 7) is 3.82. The Kier molecular flexibility index (Phi) is 4.84. The average molecular weight is 337 g/mol. The van der Waals surface area contributed by atoms with Crippen LogP contribution in [0.4, 0.5) is 0 Å². The molecule has 1 N–H and O–H groups in total. The first-order valence-corrected chi connectivity index (χ1v) is 8.02. The maximum Gasteiger partial charge on any atom is 0.375 e. The predicted octanol–water partition coefficient (Wildman–Crippen LogP) is 3.52. The molecule has 0 radical (unpaired) electrons. The number of esters is 1. The van der Waals surface area contributed by atoms with Gasteiger partial charge in [-0.2, -0.15) is 0 Å². The van der Waals surface area contributed by atoms with Crippen LogP contribution in [0.1, 0.15) is 27.2 Å².